The molecular formula is C25H27N3O5S. The van der Waals surface area contributed by atoms with Crippen molar-refractivity contribution in [1.29, 1.82) is 0 Å². The third-order valence-electron chi connectivity index (χ3n) is 7.11. The van der Waals surface area contributed by atoms with E-state index in [9.17, 15) is 19.2 Å². The zero-order chi connectivity index (χ0) is 23.7. The van der Waals surface area contributed by atoms with E-state index in [2.05, 4.69) is 5.32 Å². The minimum atomic E-state index is -0.925. The molecule has 1 aromatic carbocycles. The van der Waals surface area contributed by atoms with Crippen LogP contribution in [0.4, 0.5) is 11.4 Å². The first-order valence-corrected chi connectivity index (χ1v) is 12.6. The summed E-state index contributed by atoms with van der Waals surface area (Å²) in [6.45, 7) is 0.553. The van der Waals surface area contributed by atoms with Gasteiger partial charge >= 0.3 is 5.97 Å². The number of anilines is 2. The molecule has 1 spiro atoms. The number of hydrogen-bond donors (Lipinski definition) is 1. The monoisotopic (exact) mass is 481 g/mol. The Morgan fingerprint density at radius 1 is 1.06 bits per heavy atom. The standard InChI is InChI=1S/C25H27N3O5S/c29-21(28-19-7-2-1-6-18(19)26-24(32)25(28)11-3-4-12-25)16-33-23(31)17-9-13-27(14-10-17)22(30)20-8-5-15-34-20/h1-2,5-8,15,17H,3-4,9-14,16H2,(H,26,32). The Balaban J connectivity index is 1.22. The number of rotatable bonds is 4. The number of amides is 3. The highest BCUT2D eigenvalue weighted by molar-refractivity contribution is 7.12. The quantitative estimate of drug-likeness (QED) is 0.675. The zero-order valence-corrected chi connectivity index (χ0v) is 19.6. The van der Waals surface area contributed by atoms with Gasteiger partial charge in [0.25, 0.3) is 17.7 Å². The normalized spacial score (nSPS) is 19.6. The summed E-state index contributed by atoms with van der Waals surface area (Å²) < 4.78 is 5.45. The summed E-state index contributed by atoms with van der Waals surface area (Å²) in [5.41, 5.74) is 0.309. The Bertz CT molecular complexity index is 1100. The molecule has 2 aromatic rings. The van der Waals surface area contributed by atoms with Crippen LogP contribution in [0.1, 0.15) is 48.2 Å². The van der Waals surface area contributed by atoms with Crippen LogP contribution in [0.15, 0.2) is 41.8 Å². The van der Waals surface area contributed by atoms with Crippen LogP contribution in [0.3, 0.4) is 0 Å². The minimum Gasteiger partial charge on any atom is -0.455 e. The van der Waals surface area contributed by atoms with Gasteiger partial charge < -0.3 is 15.0 Å². The van der Waals surface area contributed by atoms with E-state index in [0.29, 0.717) is 55.0 Å². The average Bonchev–Trinajstić information content (AvgIpc) is 3.56. The van der Waals surface area contributed by atoms with Gasteiger partial charge in [-0.3, -0.25) is 24.1 Å². The molecule has 5 rings (SSSR count). The lowest BCUT2D eigenvalue weighted by molar-refractivity contribution is -0.153. The van der Waals surface area contributed by atoms with Crippen molar-refractivity contribution in [3.05, 3.63) is 46.7 Å². The van der Waals surface area contributed by atoms with Crippen molar-refractivity contribution in [3.8, 4) is 0 Å². The second kappa shape index (κ2) is 9.21. The summed E-state index contributed by atoms with van der Waals surface area (Å²) >= 11 is 1.41. The first kappa shape index (κ1) is 22.6. The lowest BCUT2D eigenvalue weighted by Crippen LogP contribution is -2.61. The number of ether oxygens (including phenoxy) is 1. The van der Waals surface area contributed by atoms with Crippen molar-refractivity contribution in [3.63, 3.8) is 0 Å². The van der Waals surface area contributed by atoms with Gasteiger partial charge in [-0.2, -0.15) is 0 Å². The number of thiophene rings is 1. The molecule has 34 heavy (non-hydrogen) atoms. The molecule has 1 aromatic heterocycles. The predicted octanol–water partition coefficient (Wildman–Crippen LogP) is 3.44. The summed E-state index contributed by atoms with van der Waals surface area (Å²) in [7, 11) is 0. The van der Waals surface area contributed by atoms with E-state index in [1.807, 2.05) is 29.6 Å². The van der Waals surface area contributed by atoms with Gasteiger partial charge in [0.1, 0.15) is 5.54 Å². The van der Waals surface area contributed by atoms with Gasteiger partial charge in [0.15, 0.2) is 6.61 Å². The van der Waals surface area contributed by atoms with E-state index < -0.39 is 18.1 Å². The van der Waals surface area contributed by atoms with Crippen LogP contribution < -0.4 is 10.2 Å². The molecule has 0 atom stereocenters. The molecule has 1 saturated carbocycles. The van der Waals surface area contributed by atoms with E-state index in [-0.39, 0.29) is 23.6 Å². The van der Waals surface area contributed by atoms with Crippen molar-refractivity contribution in [2.75, 3.05) is 29.9 Å². The van der Waals surface area contributed by atoms with Crippen LogP contribution in [0.25, 0.3) is 0 Å². The Labute approximate surface area is 201 Å². The van der Waals surface area contributed by atoms with Gasteiger partial charge in [0.2, 0.25) is 0 Å². The highest BCUT2D eigenvalue weighted by Crippen LogP contribution is 2.45. The van der Waals surface area contributed by atoms with E-state index in [1.165, 1.54) is 11.3 Å². The summed E-state index contributed by atoms with van der Waals surface area (Å²) in [5.74, 6) is -1.35. The number of nitrogens with one attached hydrogen (secondary N) is 1. The van der Waals surface area contributed by atoms with E-state index in [1.54, 1.807) is 21.9 Å². The molecule has 178 valence electrons. The second-order valence-electron chi connectivity index (χ2n) is 9.09. The largest absolute Gasteiger partial charge is 0.455 e. The first-order valence-electron chi connectivity index (χ1n) is 11.7. The fraction of sp³-hybridized carbons (Fsp3) is 0.440. The van der Waals surface area contributed by atoms with Gasteiger partial charge in [-0.25, -0.2) is 0 Å². The van der Waals surface area contributed by atoms with Crippen LogP contribution in [0.5, 0.6) is 0 Å². The van der Waals surface area contributed by atoms with Gasteiger partial charge in [-0.15, -0.1) is 11.3 Å². The SMILES string of the molecule is O=C(OCC(=O)N1c2ccccc2NC(=O)C12CCCC2)C1CCN(C(=O)c2cccs2)CC1. The molecule has 0 bridgehead atoms. The number of piperidine rings is 1. The van der Waals surface area contributed by atoms with Gasteiger partial charge in [0, 0.05) is 13.1 Å². The molecule has 1 N–H and O–H groups in total. The molecule has 2 aliphatic heterocycles. The molecule has 0 radical (unpaired) electrons. The van der Waals surface area contributed by atoms with Gasteiger partial charge in [-0.05, 0) is 49.3 Å². The number of esters is 1. The zero-order valence-electron chi connectivity index (χ0n) is 18.8. The van der Waals surface area contributed by atoms with Crippen LogP contribution in [-0.4, -0.2) is 53.8 Å². The second-order valence-corrected chi connectivity index (χ2v) is 10.0. The molecule has 2 fully saturated rings. The molecule has 1 aliphatic carbocycles. The Kier molecular flexibility index (Phi) is 6.12. The fourth-order valence-corrected chi connectivity index (χ4v) is 6.01. The van der Waals surface area contributed by atoms with E-state index >= 15 is 0 Å². The number of likely N-dealkylation sites (tertiary alicyclic amines) is 1. The van der Waals surface area contributed by atoms with Crippen molar-refractivity contribution in [2.45, 2.75) is 44.1 Å². The molecule has 9 heteroatoms. The Morgan fingerprint density at radius 2 is 1.79 bits per heavy atom. The van der Waals surface area contributed by atoms with Crippen molar-refractivity contribution >= 4 is 46.4 Å². The van der Waals surface area contributed by atoms with Gasteiger partial charge in [-0.1, -0.05) is 31.0 Å². The lowest BCUT2D eigenvalue weighted by Gasteiger charge is -2.44. The molecular weight excluding hydrogens is 454 g/mol. The maximum Gasteiger partial charge on any atom is 0.309 e. The summed E-state index contributed by atoms with van der Waals surface area (Å²) in [6, 6.07) is 10.9. The number of carbonyl (C=O) groups excluding carboxylic acids is 4. The van der Waals surface area contributed by atoms with Crippen molar-refractivity contribution in [1.82, 2.24) is 4.90 Å². The highest BCUT2D eigenvalue weighted by atomic mass is 32.1. The summed E-state index contributed by atoms with van der Waals surface area (Å²) in [4.78, 5) is 55.6. The fourth-order valence-electron chi connectivity index (χ4n) is 5.32. The van der Waals surface area contributed by atoms with Crippen LogP contribution in [-0.2, 0) is 19.1 Å². The van der Waals surface area contributed by atoms with Crippen LogP contribution in [0, 0.1) is 5.92 Å². The third-order valence-corrected chi connectivity index (χ3v) is 7.97. The average molecular weight is 482 g/mol. The number of fused-ring (bicyclic) bond motifs is 1. The first-order chi connectivity index (χ1) is 16.5. The maximum atomic E-state index is 13.3. The summed E-state index contributed by atoms with van der Waals surface area (Å²) in [6.07, 6.45) is 3.91. The van der Waals surface area contributed by atoms with Crippen LogP contribution in [0.2, 0.25) is 0 Å². The minimum absolute atomic E-state index is 0.0131. The van der Waals surface area contributed by atoms with Crippen molar-refractivity contribution in [2.24, 2.45) is 5.92 Å². The summed E-state index contributed by atoms with van der Waals surface area (Å²) in [5, 5.41) is 4.81. The van der Waals surface area contributed by atoms with Crippen LogP contribution >= 0.6 is 11.3 Å². The molecule has 8 nitrogen and oxygen atoms in total. The van der Waals surface area contributed by atoms with Gasteiger partial charge in [0.05, 0.1) is 22.2 Å². The predicted molar refractivity (Wildman–Crippen MR) is 128 cm³/mol. The number of nitrogens with zero attached hydrogens (tertiary/aromatic N) is 2. The number of hydrogen-bond acceptors (Lipinski definition) is 6. The Hall–Kier alpha value is -3.20. The molecule has 1 saturated heterocycles. The molecule has 3 amide bonds. The molecule has 0 unspecified atom stereocenters. The molecule has 3 aliphatic rings. The maximum absolute atomic E-state index is 13.3. The third kappa shape index (κ3) is 3.98. The Morgan fingerprint density at radius 3 is 2.50 bits per heavy atom. The number of benzene rings is 1. The van der Waals surface area contributed by atoms with E-state index in [0.717, 1.165) is 12.8 Å². The smallest absolute Gasteiger partial charge is 0.309 e. The van der Waals surface area contributed by atoms with E-state index in [4.69, 9.17) is 4.74 Å². The highest BCUT2D eigenvalue weighted by Gasteiger charge is 2.52. The molecule has 3 heterocycles. The topological polar surface area (TPSA) is 96.0 Å². The van der Waals surface area contributed by atoms with Crippen molar-refractivity contribution < 1.29 is 23.9 Å². The number of para-hydroxylation sites is 2. The lowest BCUT2D eigenvalue weighted by atomic mass is 9.90. The number of carbonyl (C=O) groups is 4.